The molecular weight excluding hydrogens is 447 g/mol. The van der Waals surface area contributed by atoms with E-state index in [2.05, 4.69) is 31.7 Å². The van der Waals surface area contributed by atoms with Gasteiger partial charge in [-0.2, -0.15) is 4.98 Å². The van der Waals surface area contributed by atoms with Gasteiger partial charge in [-0.25, -0.2) is 4.98 Å². The van der Waals surface area contributed by atoms with Crippen LogP contribution in [0, 0.1) is 25.7 Å². The maximum atomic E-state index is 6.44. The van der Waals surface area contributed by atoms with Gasteiger partial charge in [0, 0.05) is 36.9 Å². The molecule has 0 aliphatic carbocycles. The number of nitrogens with two attached hydrogens (primary N) is 1. The Kier molecular flexibility index (Phi) is 7.17. The second kappa shape index (κ2) is 10.1. The van der Waals surface area contributed by atoms with E-state index in [9.17, 15) is 0 Å². The third-order valence-corrected chi connectivity index (χ3v) is 6.49. The van der Waals surface area contributed by atoms with Crippen molar-refractivity contribution in [2.75, 3.05) is 38.6 Å². The number of unbranched alkanes of at least 4 members (excludes halogenated alkanes) is 1. The predicted molar refractivity (Wildman–Crippen MR) is 128 cm³/mol. The molecule has 7 nitrogen and oxygen atoms in total. The average Bonchev–Trinajstić information content (AvgIpc) is 3.12. The van der Waals surface area contributed by atoms with Crippen LogP contribution in [-0.2, 0) is 11.3 Å². The normalized spacial score (nSPS) is 14.5. The largest absolute Gasteiger partial charge is 0.379 e. The topological polar surface area (TPSA) is 82.1 Å². The first-order chi connectivity index (χ1) is 15.4. The maximum absolute atomic E-state index is 6.44. The summed E-state index contributed by atoms with van der Waals surface area (Å²) in [5.41, 5.74) is 10.0. The van der Waals surface area contributed by atoms with E-state index >= 15 is 0 Å². The standard InChI is InChI=1S/C23H26Cl2N6O/c1-15-12-27-18(16(2)20(15)24)14-31-13-17(19-21(25)28-23(26)29-22(19)31)6-4-3-5-7-30-8-10-32-11-9-30/h12-13H,3,5,7-11,14H2,1-2H3,(H2,26,28,29). The van der Waals surface area contributed by atoms with E-state index in [0.29, 0.717) is 22.7 Å². The first kappa shape index (κ1) is 22.8. The SMILES string of the molecule is Cc1cnc(Cn2cc(C#CCCCN3CCOCC3)c3c(Cl)nc(N)nc32)c(C)c1Cl. The van der Waals surface area contributed by atoms with Gasteiger partial charge in [-0.3, -0.25) is 9.88 Å². The molecule has 0 amide bonds. The molecule has 3 aromatic heterocycles. The zero-order chi connectivity index (χ0) is 22.7. The molecule has 1 aliphatic heterocycles. The summed E-state index contributed by atoms with van der Waals surface area (Å²) in [6, 6.07) is 0. The number of rotatable bonds is 5. The molecule has 32 heavy (non-hydrogen) atoms. The van der Waals surface area contributed by atoms with E-state index < -0.39 is 0 Å². The summed E-state index contributed by atoms with van der Waals surface area (Å²) in [5, 5.41) is 1.73. The molecule has 168 valence electrons. The molecule has 4 rings (SSSR count). The number of fused-ring (bicyclic) bond motifs is 1. The second-order valence-electron chi connectivity index (χ2n) is 7.93. The summed E-state index contributed by atoms with van der Waals surface area (Å²) in [5.74, 6) is 6.66. The Hall–Kier alpha value is -2.37. The highest BCUT2D eigenvalue weighted by atomic mass is 35.5. The predicted octanol–water partition coefficient (Wildman–Crippen LogP) is 3.84. The highest BCUT2D eigenvalue weighted by Crippen LogP contribution is 2.28. The quantitative estimate of drug-likeness (QED) is 0.345. The van der Waals surface area contributed by atoms with Gasteiger partial charge < -0.3 is 15.0 Å². The van der Waals surface area contributed by atoms with Crippen molar-refractivity contribution in [1.29, 1.82) is 0 Å². The third kappa shape index (κ3) is 5.00. The Labute approximate surface area is 197 Å². The van der Waals surface area contributed by atoms with Crippen LogP contribution in [0.25, 0.3) is 11.0 Å². The lowest BCUT2D eigenvalue weighted by atomic mass is 10.1. The Morgan fingerprint density at radius 2 is 1.97 bits per heavy atom. The number of halogens is 2. The van der Waals surface area contributed by atoms with Crippen LogP contribution in [0.2, 0.25) is 10.2 Å². The summed E-state index contributed by atoms with van der Waals surface area (Å²) in [6.45, 7) is 9.03. The Bertz CT molecular complexity index is 1190. The molecule has 0 saturated carbocycles. The number of aryl methyl sites for hydroxylation is 1. The van der Waals surface area contributed by atoms with Crippen molar-refractivity contribution in [3.8, 4) is 11.8 Å². The molecule has 0 atom stereocenters. The zero-order valence-corrected chi connectivity index (χ0v) is 19.8. The molecule has 0 radical (unpaired) electrons. The lowest BCUT2D eigenvalue weighted by Crippen LogP contribution is -2.36. The highest BCUT2D eigenvalue weighted by molar-refractivity contribution is 6.34. The summed E-state index contributed by atoms with van der Waals surface area (Å²) in [7, 11) is 0. The summed E-state index contributed by atoms with van der Waals surface area (Å²) >= 11 is 12.9. The van der Waals surface area contributed by atoms with E-state index in [4.69, 9.17) is 33.7 Å². The molecule has 0 aromatic carbocycles. The fraction of sp³-hybridized carbons (Fsp3) is 0.435. The zero-order valence-electron chi connectivity index (χ0n) is 18.3. The van der Waals surface area contributed by atoms with Crippen LogP contribution in [0.15, 0.2) is 12.4 Å². The van der Waals surface area contributed by atoms with Gasteiger partial charge in [-0.1, -0.05) is 35.0 Å². The van der Waals surface area contributed by atoms with Gasteiger partial charge in [-0.15, -0.1) is 0 Å². The molecule has 1 aliphatic rings. The monoisotopic (exact) mass is 472 g/mol. The van der Waals surface area contributed by atoms with Gasteiger partial charge in [0.1, 0.15) is 10.8 Å². The van der Waals surface area contributed by atoms with Gasteiger partial charge >= 0.3 is 0 Å². The number of pyridine rings is 1. The fourth-order valence-corrected chi connectivity index (χ4v) is 4.25. The van der Waals surface area contributed by atoms with Crippen LogP contribution in [-0.4, -0.2) is 57.3 Å². The van der Waals surface area contributed by atoms with Crippen molar-refractivity contribution in [2.24, 2.45) is 0 Å². The van der Waals surface area contributed by atoms with Crippen molar-refractivity contribution in [3.05, 3.63) is 45.0 Å². The number of nitrogens with zero attached hydrogens (tertiary/aromatic N) is 5. The van der Waals surface area contributed by atoms with Crippen molar-refractivity contribution in [2.45, 2.75) is 33.2 Å². The first-order valence-electron chi connectivity index (χ1n) is 10.7. The summed E-state index contributed by atoms with van der Waals surface area (Å²) in [4.78, 5) is 15.5. The van der Waals surface area contributed by atoms with Crippen LogP contribution in [0.1, 0.15) is 35.2 Å². The van der Waals surface area contributed by atoms with Crippen LogP contribution in [0.5, 0.6) is 0 Å². The molecular formula is C23H26Cl2N6O. The number of aromatic nitrogens is 4. The minimum absolute atomic E-state index is 0.124. The molecule has 0 spiro atoms. The Morgan fingerprint density at radius 1 is 1.19 bits per heavy atom. The summed E-state index contributed by atoms with van der Waals surface area (Å²) in [6.07, 6.45) is 5.52. The summed E-state index contributed by atoms with van der Waals surface area (Å²) < 4.78 is 7.35. The molecule has 9 heteroatoms. The number of hydrogen-bond donors (Lipinski definition) is 1. The van der Waals surface area contributed by atoms with Crippen LogP contribution in [0.4, 0.5) is 5.95 Å². The van der Waals surface area contributed by atoms with Crippen molar-refractivity contribution < 1.29 is 4.74 Å². The lowest BCUT2D eigenvalue weighted by molar-refractivity contribution is 0.0376. The number of anilines is 1. The molecule has 3 aromatic rings. The van der Waals surface area contributed by atoms with Crippen molar-refractivity contribution in [3.63, 3.8) is 0 Å². The highest BCUT2D eigenvalue weighted by Gasteiger charge is 2.17. The minimum Gasteiger partial charge on any atom is -0.379 e. The van der Waals surface area contributed by atoms with Gasteiger partial charge in [0.2, 0.25) is 5.95 Å². The number of nitrogen functional groups attached to an aromatic ring is 1. The van der Waals surface area contributed by atoms with Crippen molar-refractivity contribution in [1.82, 2.24) is 24.4 Å². The third-order valence-electron chi connectivity index (χ3n) is 5.63. The molecule has 0 bridgehead atoms. The number of ether oxygens (including phenoxy) is 1. The smallest absolute Gasteiger partial charge is 0.223 e. The van der Waals surface area contributed by atoms with E-state index in [1.165, 1.54) is 0 Å². The van der Waals surface area contributed by atoms with Gasteiger partial charge in [0.15, 0.2) is 0 Å². The Balaban J connectivity index is 1.58. The fourth-order valence-electron chi connectivity index (χ4n) is 3.82. The molecule has 1 fully saturated rings. The van der Waals surface area contributed by atoms with Crippen molar-refractivity contribution >= 4 is 40.2 Å². The number of morpholine rings is 1. The maximum Gasteiger partial charge on any atom is 0.223 e. The number of hydrogen-bond acceptors (Lipinski definition) is 6. The molecule has 0 unspecified atom stereocenters. The van der Waals surface area contributed by atoms with Crippen LogP contribution in [0.3, 0.4) is 0 Å². The van der Waals surface area contributed by atoms with Gasteiger partial charge in [-0.05, 0) is 37.9 Å². The molecule has 4 heterocycles. The Morgan fingerprint density at radius 3 is 2.75 bits per heavy atom. The second-order valence-corrected chi connectivity index (χ2v) is 8.66. The molecule has 2 N–H and O–H groups in total. The van der Waals surface area contributed by atoms with Gasteiger partial charge in [0.05, 0.1) is 36.4 Å². The minimum atomic E-state index is 0.124. The van der Waals surface area contributed by atoms with Crippen LogP contribution >= 0.6 is 23.2 Å². The van der Waals surface area contributed by atoms with E-state index in [0.717, 1.165) is 73.1 Å². The van der Waals surface area contributed by atoms with Gasteiger partial charge in [0.25, 0.3) is 0 Å². The lowest BCUT2D eigenvalue weighted by Gasteiger charge is -2.26. The van der Waals surface area contributed by atoms with E-state index in [-0.39, 0.29) is 5.95 Å². The average molecular weight is 473 g/mol. The van der Waals surface area contributed by atoms with Crippen LogP contribution < -0.4 is 5.73 Å². The van der Waals surface area contributed by atoms with E-state index in [1.807, 2.05) is 24.6 Å². The first-order valence-corrected chi connectivity index (χ1v) is 11.4. The molecule has 1 saturated heterocycles. The van der Waals surface area contributed by atoms with E-state index in [1.54, 1.807) is 6.20 Å².